The number of hydrogen-bond donors (Lipinski definition) is 1. The molecule has 1 aliphatic heterocycles. The zero-order valence-electron chi connectivity index (χ0n) is 18.0. The largest absolute Gasteiger partial charge is 0.431 e. The summed E-state index contributed by atoms with van der Waals surface area (Å²) in [4.78, 5) is 1.29. The van der Waals surface area contributed by atoms with Crippen LogP contribution in [-0.2, 0) is 10.0 Å². The van der Waals surface area contributed by atoms with Crippen molar-refractivity contribution >= 4 is 15.7 Å². The number of allylic oxidation sites excluding steroid dienone is 4. The molecule has 4 nitrogen and oxygen atoms in total. The van der Waals surface area contributed by atoms with Gasteiger partial charge >= 0.3 is 6.18 Å². The first-order valence-electron chi connectivity index (χ1n) is 9.89. The fraction of sp³-hybridized carbons (Fsp3) is 0.455. The Morgan fingerprint density at radius 3 is 2.35 bits per heavy atom. The molecule has 0 bridgehead atoms. The van der Waals surface area contributed by atoms with E-state index in [-0.39, 0.29) is 11.6 Å². The van der Waals surface area contributed by atoms with Gasteiger partial charge in [-0.25, -0.2) is 12.8 Å². The number of nitrogens with one attached hydrogen (secondary N) is 1. The van der Waals surface area contributed by atoms with Crippen molar-refractivity contribution in [3.8, 4) is 0 Å². The van der Waals surface area contributed by atoms with E-state index in [0.29, 0.717) is 18.4 Å². The van der Waals surface area contributed by atoms with Gasteiger partial charge in [-0.3, -0.25) is 4.72 Å². The Kier molecular flexibility index (Phi) is 7.62. The highest BCUT2D eigenvalue weighted by atomic mass is 32.2. The lowest BCUT2D eigenvalue weighted by Crippen LogP contribution is -2.44. The molecule has 9 heteroatoms. The third-order valence-corrected chi connectivity index (χ3v) is 5.64. The zero-order chi connectivity index (χ0) is 23.6. The molecule has 0 aliphatic carbocycles. The van der Waals surface area contributed by atoms with E-state index >= 15 is 0 Å². The number of alkyl halides is 3. The standard InChI is InChI=1S/C22H28F4N2O2S/c1-6-7-16-9-11-21(22(24,25)26)28(20(16)12-14(2)3)15(4)17-8-10-19(18(23)13-17)27-31(5,29)30/h6,8-11,13-15,20,27H,1,7,12H2,2-5H3/t15?,20-/m1/s1. The fourth-order valence-corrected chi connectivity index (χ4v) is 4.33. The van der Waals surface area contributed by atoms with E-state index in [4.69, 9.17) is 0 Å². The Balaban J connectivity index is 2.53. The van der Waals surface area contributed by atoms with Gasteiger partial charge < -0.3 is 4.90 Å². The quantitative estimate of drug-likeness (QED) is 0.386. The SMILES string of the molecule is C=CCC1=CC=C(C(F)(F)F)N(C(C)c2ccc(NS(C)(=O)=O)c(F)c2)[C@@H]1CC(C)C. The average molecular weight is 461 g/mol. The van der Waals surface area contributed by atoms with Crippen molar-refractivity contribution in [3.63, 3.8) is 0 Å². The van der Waals surface area contributed by atoms with Crippen LogP contribution in [0.15, 0.2) is 54.3 Å². The third kappa shape index (κ3) is 6.35. The predicted octanol–water partition coefficient (Wildman–Crippen LogP) is 5.94. The van der Waals surface area contributed by atoms with E-state index in [1.807, 2.05) is 13.8 Å². The van der Waals surface area contributed by atoms with Crippen molar-refractivity contribution in [2.75, 3.05) is 11.0 Å². The van der Waals surface area contributed by atoms with Crippen LogP contribution in [0.25, 0.3) is 0 Å². The van der Waals surface area contributed by atoms with Crippen molar-refractivity contribution < 1.29 is 26.0 Å². The molecule has 1 aromatic carbocycles. The second kappa shape index (κ2) is 9.46. The second-order valence-corrected chi connectivity index (χ2v) is 9.87. The molecule has 1 heterocycles. The maximum Gasteiger partial charge on any atom is 0.431 e. The third-order valence-electron chi connectivity index (χ3n) is 5.05. The van der Waals surface area contributed by atoms with E-state index in [1.54, 1.807) is 13.0 Å². The first-order chi connectivity index (χ1) is 14.2. The lowest BCUT2D eigenvalue weighted by Gasteiger charge is -2.44. The van der Waals surface area contributed by atoms with Crippen LogP contribution < -0.4 is 4.72 Å². The minimum absolute atomic E-state index is 0.124. The number of hydrogen-bond acceptors (Lipinski definition) is 3. The average Bonchev–Trinajstić information content (AvgIpc) is 2.61. The smallest absolute Gasteiger partial charge is 0.354 e. The summed E-state index contributed by atoms with van der Waals surface area (Å²) in [5, 5.41) is 0. The Morgan fingerprint density at radius 2 is 1.87 bits per heavy atom. The molecule has 1 unspecified atom stereocenters. The second-order valence-electron chi connectivity index (χ2n) is 8.13. The monoisotopic (exact) mass is 460 g/mol. The molecule has 1 aromatic rings. The summed E-state index contributed by atoms with van der Waals surface area (Å²) in [6.45, 7) is 9.16. The van der Waals surface area contributed by atoms with Gasteiger partial charge in [0.15, 0.2) is 0 Å². The van der Waals surface area contributed by atoms with Crippen LogP contribution in [0.2, 0.25) is 0 Å². The molecule has 2 atom stereocenters. The van der Waals surface area contributed by atoms with Crippen LogP contribution in [-0.4, -0.2) is 31.8 Å². The molecule has 1 aliphatic rings. The molecular weight excluding hydrogens is 432 g/mol. The summed E-state index contributed by atoms with van der Waals surface area (Å²) in [6, 6.07) is 2.39. The van der Waals surface area contributed by atoms with Crippen molar-refractivity contribution in [2.45, 2.75) is 51.9 Å². The van der Waals surface area contributed by atoms with E-state index in [0.717, 1.165) is 24.0 Å². The summed E-state index contributed by atoms with van der Waals surface area (Å²) in [6.07, 6.45) is 1.43. The molecule has 0 amide bonds. The number of rotatable bonds is 8. The Morgan fingerprint density at radius 1 is 1.23 bits per heavy atom. The number of anilines is 1. The first-order valence-corrected chi connectivity index (χ1v) is 11.8. The molecule has 2 rings (SSSR count). The van der Waals surface area contributed by atoms with Crippen LogP contribution in [0, 0.1) is 11.7 Å². The Bertz CT molecular complexity index is 982. The number of benzene rings is 1. The van der Waals surface area contributed by atoms with E-state index in [9.17, 15) is 26.0 Å². The van der Waals surface area contributed by atoms with Crippen molar-refractivity contribution in [1.82, 2.24) is 4.90 Å². The molecule has 172 valence electrons. The summed E-state index contributed by atoms with van der Waals surface area (Å²) in [5.41, 5.74) is 0.0616. The number of nitrogens with zero attached hydrogens (tertiary/aromatic N) is 1. The fourth-order valence-electron chi connectivity index (χ4n) is 3.77. The van der Waals surface area contributed by atoms with Gasteiger partial charge in [0.25, 0.3) is 0 Å². The molecule has 0 fully saturated rings. The number of halogens is 4. The van der Waals surface area contributed by atoms with Crippen LogP contribution >= 0.6 is 0 Å². The van der Waals surface area contributed by atoms with Crippen LogP contribution in [0.3, 0.4) is 0 Å². The Hall–Kier alpha value is -2.29. The van der Waals surface area contributed by atoms with Gasteiger partial charge in [0.1, 0.15) is 11.5 Å². The highest BCUT2D eigenvalue weighted by Gasteiger charge is 2.44. The molecule has 0 saturated carbocycles. The molecule has 31 heavy (non-hydrogen) atoms. The van der Waals surface area contributed by atoms with Gasteiger partial charge in [0, 0.05) is 0 Å². The topological polar surface area (TPSA) is 49.4 Å². The molecule has 1 N–H and O–H groups in total. The molecule has 0 saturated heterocycles. The highest BCUT2D eigenvalue weighted by molar-refractivity contribution is 7.92. The maximum absolute atomic E-state index is 14.5. The van der Waals surface area contributed by atoms with Crippen LogP contribution in [0.1, 0.15) is 45.2 Å². The summed E-state index contributed by atoms with van der Waals surface area (Å²) < 4.78 is 81.1. The molecular formula is C22H28F4N2O2S. The van der Waals surface area contributed by atoms with Crippen molar-refractivity contribution in [1.29, 1.82) is 0 Å². The maximum atomic E-state index is 14.5. The van der Waals surface area contributed by atoms with Gasteiger partial charge in [0.05, 0.1) is 24.0 Å². The normalized spacial score (nSPS) is 18.5. The van der Waals surface area contributed by atoms with Crippen LogP contribution in [0.5, 0.6) is 0 Å². The van der Waals surface area contributed by atoms with Gasteiger partial charge in [0.2, 0.25) is 10.0 Å². The van der Waals surface area contributed by atoms with E-state index < -0.39 is 39.8 Å². The molecule has 0 radical (unpaired) electrons. The first kappa shape index (κ1) is 25.0. The molecule has 0 aromatic heterocycles. The summed E-state index contributed by atoms with van der Waals surface area (Å²) >= 11 is 0. The zero-order valence-corrected chi connectivity index (χ0v) is 18.8. The minimum Gasteiger partial charge on any atom is -0.354 e. The minimum atomic E-state index is -4.59. The predicted molar refractivity (Wildman–Crippen MR) is 115 cm³/mol. The summed E-state index contributed by atoms with van der Waals surface area (Å²) in [7, 11) is -3.69. The van der Waals surface area contributed by atoms with E-state index in [1.165, 1.54) is 23.1 Å². The van der Waals surface area contributed by atoms with E-state index in [2.05, 4.69) is 11.3 Å². The van der Waals surface area contributed by atoms with Crippen LogP contribution in [0.4, 0.5) is 23.2 Å². The van der Waals surface area contributed by atoms with Gasteiger partial charge in [-0.15, -0.1) is 6.58 Å². The van der Waals surface area contributed by atoms with Gasteiger partial charge in [-0.1, -0.05) is 32.1 Å². The molecule has 0 spiro atoms. The van der Waals surface area contributed by atoms with Crippen molar-refractivity contribution in [2.24, 2.45) is 5.92 Å². The van der Waals surface area contributed by atoms with Gasteiger partial charge in [-0.2, -0.15) is 13.2 Å². The Labute approximate surface area is 181 Å². The van der Waals surface area contributed by atoms with Crippen molar-refractivity contribution in [3.05, 3.63) is 65.7 Å². The van der Waals surface area contributed by atoms with Gasteiger partial charge in [-0.05, 0) is 55.0 Å². The highest BCUT2D eigenvalue weighted by Crippen LogP contribution is 2.42. The lowest BCUT2D eigenvalue weighted by atomic mass is 9.88. The summed E-state index contributed by atoms with van der Waals surface area (Å²) in [5.74, 6) is -0.731. The lowest BCUT2D eigenvalue weighted by molar-refractivity contribution is -0.119. The number of sulfonamides is 1.